The predicted molar refractivity (Wildman–Crippen MR) is 152 cm³/mol. The summed E-state index contributed by atoms with van der Waals surface area (Å²) in [5.41, 5.74) is 2.78. The standard InChI is InChI=1S/C30H34ClN5O4/c1-5-40-29(38)30(13-15-39-17-30)19-10-11-22-23(16-19)34-27(33-22)26(35-28(37)24-12-14-32-36(24)4)25(18(2)3)20-8-6-7-9-21(20)31/h6-12,14,16,18,25-26H,5,13,15,17H2,1-4H3,(H,33,34)(H,35,37)/t25-,26-,30?/m0/s1. The van der Waals surface area contributed by atoms with Gasteiger partial charge in [0.15, 0.2) is 0 Å². The van der Waals surface area contributed by atoms with Crippen LogP contribution in [0.1, 0.15) is 66.6 Å². The third-order valence-electron chi connectivity index (χ3n) is 7.72. The van der Waals surface area contributed by atoms with E-state index in [-0.39, 0.29) is 30.3 Å². The van der Waals surface area contributed by atoms with Crippen LogP contribution in [0.4, 0.5) is 0 Å². The van der Waals surface area contributed by atoms with Gasteiger partial charge in [0.05, 0.1) is 30.3 Å². The maximum Gasteiger partial charge on any atom is 0.319 e. The quantitative estimate of drug-likeness (QED) is 0.275. The molecular weight excluding hydrogens is 530 g/mol. The highest BCUT2D eigenvalue weighted by Gasteiger charge is 2.45. The number of benzene rings is 2. The van der Waals surface area contributed by atoms with E-state index in [1.165, 1.54) is 4.68 Å². The summed E-state index contributed by atoms with van der Waals surface area (Å²) in [6, 6.07) is 14.6. The van der Waals surface area contributed by atoms with E-state index in [0.717, 1.165) is 22.2 Å². The molecule has 3 atom stereocenters. The van der Waals surface area contributed by atoms with Crippen LogP contribution in [-0.4, -0.2) is 51.4 Å². The Hall–Kier alpha value is -3.69. The fourth-order valence-corrected chi connectivity index (χ4v) is 5.89. The summed E-state index contributed by atoms with van der Waals surface area (Å²) in [7, 11) is 1.73. The number of carbonyl (C=O) groups excluding carboxylic acids is 2. The van der Waals surface area contributed by atoms with Crippen molar-refractivity contribution in [3.63, 3.8) is 0 Å². The molecular formula is C30H34ClN5O4. The van der Waals surface area contributed by atoms with Crippen LogP contribution >= 0.6 is 11.6 Å². The number of H-pyrrole nitrogens is 1. The number of carbonyl (C=O) groups is 2. The first kappa shape index (κ1) is 27.9. The van der Waals surface area contributed by atoms with Crippen molar-refractivity contribution in [3.8, 4) is 0 Å². The van der Waals surface area contributed by atoms with E-state index in [9.17, 15) is 9.59 Å². The molecule has 0 saturated carbocycles. The van der Waals surface area contributed by atoms with Crippen molar-refractivity contribution >= 4 is 34.5 Å². The average molecular weight is 564 g/mol. The molecule has 2 aromatic carbocycles. The number of aromatic amines is 1. The maximum atomic E-state index is 13.5. The molecule has 3 heterocycles. The molecule has 2 N–H and O–H groups in total. The van der Waals surface area contributed by atoms with Gasteiger partial charge in [0.1, 0.15) is 16.9 Å². The minimum atomic E-state index is -0.860. The van der Waals surface area contributed by atoms with Gasteiger partial charge in [-0.2, -0.15) is 5.10 Å². The number of nitrogens with zero attached hydrogens (tertiary/aromatic N) is 3. The zero-order valence-electron chi connectivity index (χ0n) is 23.1. The van der Waals surface area contributed by atoms with Crippen molar-refractivity contribution < 1.29 is 19.1 Å². The third kappa shape index (κ3) is 5.11. The minimum absolute atomic E-state index is 0.100. The Morgan fingerprint density at radius 1 is 1.23 bits per heavy atom. The van der Waals surface area contributed by atoms with E-state index >= 15 is 0 Å². The molecule has 1 amide bonds. The zero-order valence-corrected chi connectivity index (χ0v) is 23.9. The molecule has 1 saturated heterocycles. The first-order chi connectivity index (χ1) is 19.2. The van der Waals surface area contributed by atoms with Crippen LogP contribution in [0.3, 0.4) is 0 Å². The van der Waals surface area contributed by atoms with E-state index in [1.54, 1.807) is 26.2 Å². The van der Waals surface area contributed by atoms with Crippen molar-refractivity contribution in [2.75, 3.05) is 19.8 Å². The van der Waals surface area contributed by atoms with Crippen molar-refractivity contribution in [1.29, 1.82) is 0 Å². The number of hydrogen-bond acceptors (Lipinski definition) is 6. The van der Waals surface area contributed by atoms with E-state index in [1.807, 2.05) is 42.5 Å². The molecule has 210 valence electrons. The Morgan fingerprint density at radius 3 is 2.67 bits per heavy atom. The second-order valence-electron chi connectivity index (χ2n) is 10.5. The lowest BCUT2D eigenvalue weighted by atomic mass is 9.79. The minimum Gasteiger partial charge on any atom is -0.465 e. The molecule has 1 aliphatic rings. The number of fused-ring (bicyclic) bond motifs is 1. The number of ether oxygens (including phenoxy) is 2. The topological polar surface area (TPSA) is 111 Å². The molecule has 9 nitrogen and oxygen atoms in total. The van der Waals surface area contributed by atoms with E-state index in [4.69, 9.17) is 26.1 Å². The summed E-state index contributed by atoms with van der Waals surface area (Å²) < 4.78 is 12.6. The highest BCUT2D eigenvalue weighted by atomic mass is 35.5. The van der Waals surface area contributed by atoms with E-state index in [2.05, 4.69) is 29.2 Å². The van der Waals surface area contributed by atoms with Gasteiger partial charge in [0.2, 0.25) is 0 Å². The Bertz CT molecular complexity index is 1520. The number of imidazole rings is 1. The Morgan fingerprint density at radius 2 is 2.02 bits per heavy atom. The number of hydrogen-bond donors (Lipinski definition) is 2. The second-order valence-corrected chi connectivity index (χ2v) is 10.9. The predicted octanol–water partition coefficient (Wildman–Crippen LogP) is 5.08. The highest BCUT2D eigenvalue weighted by Crippen LogP contribution is 2.41. The number of aryl methyl sites for hydroxylation is 1. The normalized spacial score (nSPS) is 18.6. The van der Waals surface area contributed by atoms with Gasteiger partial charge in [-0.1, -0.05) is 49.7 Å². The zero-order chi connectivity index (χ0) is 28.4. The Labute approximate surface area is 238 Å². The molecule has 2 aromatic heterocycles. The van der Waals surface area contributed by atoms with Crippen LogP contribution in [0.2, 0.25) is 5.02 Å². The van der Waals surface area contributed by atoms with Gasteiger partial charge in [-0.05, 0) is 54.7 Å². The van der Waals surface area contributed by atoms with Gasteiger partial charge in [0.25, 0.3) is 5.91 Å². The lowest BCUT2D eigenvalue weighted by Gasteiger charge is -2.31. The number of halogens is 1. The van der Waals surface area contributed by atoms with Crippen LogP contribution < -0.4 is 5.32 Å². The molecule has 5 rings (SSSR count). The third-order valence-corrected chi connectivity index (χ3v) is 8.06. The smallest absolute Gasteiger partial charge is 0.319 e. The van der Waals surface area contributed by atoms with Crippen LogP contribution in [0, 0.1) is 5.92 Å². The van der Waals surface area contributed by atoms with E-state index in [0.29, 0.717) is 36.2 Å². The maximum absolute atomic E-state index is 13.5. The summed E-state index contributed by atoms with van der Waals surface area (Å²) in [5.74, 6) is -0.0582. The van der Waals surface area contributed by atoms with Gasteiger partial charge in [-0.25, -0.2) is 4.98 Å². The lowest BCUT2D eigenvalue weighted by Crippen LogP contribution is -2.38. The molecule has 40 heavy (non-hydrogen) atoms. The number of aromatic nitrogens is 4. The summed E-state index contributed by atoms with van der Waals surface area (Å²) >= 11 is 6.69. The number of esters is 1. The molecule has 0 bridgehead atoms. The summed E-state index contributed by atoms with van der Waals surface area (Å²) in [6.45, 7) is 7.05. The fraction of sp³-hybridized carbons (Fsp3) is 0.400. The molecule has 10 heteroatoms. The monoisotopic (exact) mass is 563 g/mol. The largest absolute Gasteiger partial charge is 0.465 e. The molecule has 0 aliphatic carbocycles. The van der Waals surface area contributed by atoms with Crippen molar-refractivity contribution in [1.82, 2.24) is 25.1 Å². The molecule has 0 spiro atoms. The number of amides is 1. The molecule has 1 fully saturated rings. The highest BCUT2D eigenvalue weighted by molar-refractivity contribution is 6.31. The van der Waals surface area contributed by atoms with Gasteiger partial charge < -0.3 is 19.8 Å². The first-order valence-electron chi connectivity index (χ1n) is 13.5. The summed E-state index contributed by atoms with van der Waals surface area (Å²) in [5, 5.41) is 7.98. The molecule has 0 radical (unpaired) electrons. The molecule has 1 unspecified atom stereocenters. The van der Waals surface area contributed by atoms with Crippen LogP contribution in [0.5, 0.6) is 0 Å². The van der Waals surface area contributed by atoms with Gasteiger partial charge in [-0.3, -0.25) is 14.3 Å². The van der Waals surface area contributed by atoms with Crippen LogP contribution in [-0.2, 0) is 26.7 Å². The number of nitrogens with one attached hydrogen (secondary N) is 2. The SMILES string of the molecule is CCOC(=O)C1(c2ccc3nc([C@@H](NC(=O)c4ccnn4C)[C@H](c4ccccc4Cl)C(C)C)[nH]c3c2)CCOC1. The fourth-order valence-electron chi connectivity index (χ4n) is 5.62. The summed E-state index contributed by atoms with van der Waals surface area (Å²) in [6.07, 6.45) is 2.14. The van der Waals surface area contributed by atoms with Gasteiger partial charge in [-0.15, -0.1) is 0 Å². The number of rotatable bonds is 9. The summed E-state index contributed by atoms with van der Waals surface area (Å²) in [4.78, 5) is 34.9. The van der Waals surface area contributed by atoms with Crippen molar-refractivity contribution in [2.24, 2.45) is 13.0 Å². The van der Waals surface area contributed by atoms with Gasteiger partial charge in [0, 0.05) is 30.8 Å². The Balaban J connectivity index is 1.60. The van der Waals surface area contributed by atoms with Crippen LogP contribution in [0.25, 0.3) is 11.0 Å². The first-order valence-corrected chi connectivity index (χ1v) is 13.9. The van der Waals surface area contributed by atoms with Crippen LogP contribution in [0.15, 0.2) is 54.7 Å². The second kappa shape index (κ2) is 11.4. The van der Waals surface area contributed by atoms with Crippen molar-refractivity contribution in [2.45, 2.75) is 44.6 Å². The lowest BCUT2D eigenvalue weighted by molar-refractivity contribution is -0.150. The average Bonchev–Trinajstić information content (AvgIpc) is 3.68. The molecule has 1 aliphatic heterocycles. The van der Waals surface area contributed by atoms with Gasteiger partial charge >= 0.3 is 5.97 Å². The van der Waals surface area contributed by atoms with E-state index < -0.39 is 11.5 Å². The Kier molecular flexibility index (Phi) is 7.96. The molecule has 4 aromatic rings. The van der Waals surface area contributed by atoms with Crippen molar-refractivity contribution in [3.05, 3.63) is 82.4 Å².